The molecule has 0 spiro atoms. The summed E-state index contributed by atoms with van der Waals surface area (Å²) < 4.78 is 0. The van der Waals surface area contributed by atoms with Gasteiger partial charge in [-0.1, -0.05) is 30.3 Å². The van der Waals surface area contributed by atoms with E-state index in [1.54, 1.807) is 19.3 Å². The maximum absolute atomic E-state index is 12.1. The molecule has 2 aromatic rings. The molecule has 1 heterocycles. The van der Waals surface area contributed by atoms with Gasteiger partial charge in [-0.25, -0.2) is 5.06 Å². The van der Waals surface area contributed by atoms with Crippen LogP contribution in [0.25, 0.3) is 11.1 Å². The number of hydrogen-bond acceptors (Lipinski definition) is 3. The van der Waals surface area contributed by atoms with Crippen LogP contribution < -0.4 is 0 Å². The maximum Gasteiger partial charge on any atom is 0.277 e. The molecule has 0 bridgehead atoms. The third kappa shape index (κ3) is 2.38. The van der Waals surface area contributed by atoms with Gasteiger partial charge in [-0.2, -0.15) is 0 Å². The quantitative estimate of drug-likeness (QED) is 0.773. The summed E-state index contributed by atoms with van der Waals surface area (Å²) in [5.74, 6) is -0.227. The Balaban J connectivity index is 2.47. The molecule has 2 rings (SSSR count). The zero-order valence-electron chi connectivity index (χ0n) is 10.3. The molecule has 0 aliphatic carbocycles. The van der Waals surface area contributed by atoms with Gasteiger partial charge in [-0.05, 0) is 11.6 Å². The fraction of sp³-hybridized carbons (Fsp3) is 0.143. The van der Waals surface area contributed by atoms with E-state index in [9.17, 15) is 4.79 Å². The third-order valence-corrected chi connectivity index (χ3v) is 2.61. The molecule has 1 amide bonds. The largest absolute Gasteiger partial charge is 0.277 e. The minimum atomic E-state index is -0.227. The summed E-state index contributed by atoms with van der Waals surface area (Å²) in [7, 11) is 3.02. The number of hydroxylamine groups is 2. The van der Waals surface area contributed by atoms with Crippen molar-refractivity contribution in [3.8, 4) is 11.1 Å². The number of carbonyl (C=O) groups excluding carboxylic acids is 1. The van der Waals surface area contributed by atoms with Crippen molar-refractivity contribution in [2.45, 2.75) is 0 Å². The molecule has 4 heteroatoms. The average molecular weight is 241 g/mol. The molecule has 1 radical (unpaired) electrons. The normalized spacial score (nSPS) is 10.1. The molecule has 0 saturated heterocycles. The number of hydrogen-bond donors (Lipinski definition) is 0. The van der Waals surface area contributed by atoms with Crippen molar-refractivity contribution in [3.63, 3.8) is 0 Å². The van der Waals surface area contributed by atoms with Gasteiger partial charge < -0.3 is 0 Å². The molecule has 0 unspecified atom stereocenters. The van der Waals surface area contributed by atoms with Crippen LogP contribution >= 0.6 is 0 Å². The van der Waals surface area contributed by atoms with E-state index >= 15 is 0 Å². The smallest absolute Gasteiger partial charge is 0.274 e. The van der Waals surface area contributed by atoms with Crippen LogP contribution in [0.1, 0.15) is 10.4 Å². The summed E-state index contributed by atoms with van der Waals surface area (Å²) in [6.45, 7) is 0. The number of amides is 1. The summed E-state index contributed by atoms with van der Waals surface area (Å²) >= 11 is 0. The summed E-state index contributed by atoms with van der Waals surface area (Å²) in [6, 6.07) is 11.2. The number of rotatable bonds is 3. The minimum Gasteiger partial charge on any atom is -0.274 e. The zero-order chi connectivity index (χ0) is 13.0. The van der Waals surface area contributed by atoms with Crippen LogP contribution in [0.4, 0.5) is 0 Å². The molecule has 0 atom stereocenters. The first-order valence-electron chi connectivity index (χ1n) is 5.48. The Morgan fingerprint density at radius 3 is 2.67 bits per heavy atom. The van der Waals surface area contributed by atoms with Gasteiger partial charge in [0.05, 0.1) is 18.9 Å². The van der Waals surface area contributed by atoms with Crippen LogP contribution in [0.2, 0.25) is 0 Å². The Hall–Kier alpha value is -2.20. The van der Waals surface area contributed by atoms with Crippen LogP contribution in [-0.4, -0.2) is 30.1 Å². The van der Waals surface area contributed by atoms with Crippen molar-refractivity contribution in [2.24, 2.45) is 0 Å². The molecule has 0 aliphatic heterocycles. The number of benzene rings is 1. The molecule has 0 aliphatic rings. The Bertz CT molecular complexity index is 541. The van der Waals surface area contributed by atoms with Gasteiger partial charge in [0, 0.05) is 18.8 Å². The van der Waals surface area contributed by atoms with Gasteiger partial charge >= 0.3 is 0 Å². The second-order valence-corrected chi connectivity index (χ2v) is 3.70. The molecule has 91 valence electrons. The fourth-order valence-electron chi connectivity index (χ4n) is 1.61. The Morgan fingerprint density at radius 1 is 1.28 bits per heavy atom. The SMILES string of the molecule is CON(C)C(=O)c1ccn[c]c1-c1ccccc1. The van der Waals surface area contributed by atoms with Crippen LogP contribution in [0.15, 0.2) is 42.6 Å². The van der Waals surface area contributed by atoms with Gasteiger partial charge in [-0.15, -0.1) is 0 Å². The summed E-state index contributed by atoms with van der Waals surface area (Å²) in [6.07, 6.45) is 4.40. The van der Waals surface area contributed by atoms with E-state index < -0.39 is 0 Å². The minimum absolute atomic E-state index is 0.227. The Morgan fingerprint density at radius 2 is 2.00 bits per heavy atom. The lowest BCUT2D eigenvalue weighted by atomic mass is 10.0. The summed E-state index contributed by atoms with van der Waals surface area (Å²) in [5.41, 5.74) is 2.09. The van der Waals surface area contributed by atoms with Gasteiger partial charge in [0.25, 0.3) is 5.91 Å². The third-order valence-electron chi connectivity index (χ3n) is 2.61. The van der Waals surface area contributed by atoms with Crippen LogP contribution in [0, 0.1) is 6.20 Å². The topological polar surface area (TPSA) is 42.4 Å². The van der Waals surface area contributed by atoms with Crippen molar-refractivity contribution in [3.05, 3.63) is 54.4 Å². The molecular weight excluding hydrogens is 228 g/mol. The molecular formula is C14H13N2O2. The average Bonchev–Trinajstić information content (AvgIpc) is 2.46. The van der Waals surface area contributed by atoms with Crippen LogP contribution in [-0.2, 0) is 4.84 Å². The molecule has 0 fully saturated rings. The molecule has 0 saturated carbocycles. The van der Waals surface area contributed by atoms with E-state index in [0.29, 0.717) is 11.1 Å². The lowest BCUT2D eigenvalue weighted by molar-refractivity contribution is -0.0756. The number of nitrogens with zero attached hydrogens (tertiary/aromatic N) is 2. The van der Waals surface area contributed by atoms with Crippen molar-refractivity contribution >= 4 is 5.91 Å². The second kappa shape index (κ2) is 5.42. The van der Waals surface area contributed by atoms with E-state index in [2.05, 4.69) is 11.2 Å². The highest BCUT2D eigenvalue weighted by molar-refractivity contribution is 5.99. The predicted molar refractivity (Wildman–Crippen MR) is 67.6 cm³/mol. The number of pyridine rings is 1. The van der Waals surface area contributed by atoms with E-state index in [1.807, 2.05) is 30.3 Å². The van der Waals surface area contributed by atoms with Gasteiger partial charge in [0.2, 0.25) is 0 Å². The highest BCUT2D eigenvalue weighted by Gasteiger charge is 2.16. The van der Waals surface area contributed by atoms with Crippen molar-refractivity contribution in [2.75, 3.05) is 14.2 Å². The highest BCUT2D eigenvalue weighted by Crippen LogP contribution is 2.22. The van der Waals surface area contributed by atoms with Crippen LogP contribution in [0.5, 0.6) is 0 Å². The van der Waals surface area contributed by atoms with E-state index in [-0.39, 0.29) is 5.91 Å². The fourth-order valence-corrected chi connectivity index (χ4v) is 1.61. The van der Waals surface area contributed by atoms with E-state index in [4.69, 9.17) is 4.84 Å². The van der Waals surface area contributed by atoms with E-state index in [0.717, 1.165) is 5.56 Å². The zero-order valence-corrected chi connectivity index (χ0v) is 10.3. The highest BCUT2D eigenvalue weighted by atomic mass is 16.7. The van der Waals surface area contributed by atoms with Gasteiger partial charge in [-0.3, -0.25) is 14.6 Å². The lowest BCUT2D eigenvalue weighted by Crippen LogP contribution is -2.26. The molecule has 1 aromatic heterocycles. The van der Waals surface area contributed by atoms with Crippen molar-refractivity contribution in [1.29, 1.82) is 0 Å². The van der Waals surface area contributed by atoms with Crippen molar-refractivity contribution in [1.82, 2.24) is 10.0 Å². The lowest BCUT2D eigenvalue weighted by Gasteiger charge is -2.15. The maximum atomic E-state index is 12.1. The standard InChI is InChI=1S/C14H13N2O2/c1-16(18-2)14(17)12-8-9-15-10-13(12)11-6-4-3-5-7-11/h3-9H,1-2H3. The van der Waals surface area contributed by atoms with Crippen molar-refractivity contribution < 1.29 is 9.63 Å². The first kappa shape index (κ1) is 12.3. The predicted octanol–water partition coefficient (Wildman–Crippen LogP) is 2.18. The second-order valence-electron chi connectivity index (χ2n) is 3.70. The molecule has 18 heavy (non-hydrogen) atoms. The molecule has 0 N–H and O–H groups in total. The molecule has 1 aromatic carbocycles. The van der Waals surface area contributed by atoms with E-state index in [1.165, 1.54) is 12.2 Å². The van der Waals surface area contributed by atoms with Gasteiger partial charge in [0.15, 0.2) is 0 Å². The van der Waals surface area contributed by atoms with Gasteiger partial charge in [0.1, 0.15) is 0 Å². The first-order valence-corrected chi connectivity index (χ1v) is 5.48. The summed E-state index contributed by atoms with van der Waals surface area (Å²) in [5, 5.41) is 1.18. The van der Waals surface area contributed by atoms with Crippen LogP contribution in [0.3, 0.4) is 0 Å². The Kier molecular flexibility index (Phi) is 3.69. The first-order chi connectivity index (χ1) is 8.74. The monoisotopic (exact) mass is 241 g/mol. The Labute approximate surface area is 106 Å². The number of aromatic nitrogens is 1. The summed E-state index contributed by atoms with van der Waals surface area (Å²) in [4.78, 5) is 21.0. The number of carbonyl (C=O) groups is 1. The molecule has 4 nitrogen and oxygen atoms in total.